The van der Waals surface area contributed by atoms with E-state index in [9.17, 15) is 22.0 Å². The standard InChI is InChI=1S/C17H18F2N2O3S/c1-12-6-3-4-7-13(12)17(22)20-10-11-21(25(2,23)24)16-14(18)8-5-9-15(16)19/h3-9H,10-11H2,1-2H3,(H,20,22). The normalized spacial score (nSPS) is 11.2. The summed E-state index contributed by atoms with van der Waals surface area (Å²) < 4.78 is 52.2. The Balaban J connectivity index is 2.15. The lowest BCUT2D eigenvalue weighted by atomic mass is 10.1. The first-order valence-corrected chi connectivity index (χ1v) is 9.32. The first kappa shape index (κ1) is 18.9. The van der Waals surface area contributed by atoms with E-state index in [-0.39, 0.29) is 19.0 Å². The Morgan fingerprint density at radius 2 is 1.68 bits per heavy atom. The van der Waals surface area contributed by atoms with Gasteiger partial charge in [-0.2, -0.15) is 0 Å². The van der Waals surface area contributed by atoms with Gasteiger partial charge in [-0.05, 0) is 30.7 Å². The summed E-state index contributed by atoms with van der Waals surface area (Å²) in [5.41, 5.74) is 0.556. The lowest BCUT2D eigenvalue weighted by Gasteiger charge is -2.23. The molecule has 0 aliphatic rings. The predicted octanol–water partition coefficient (Wildman–Crippen LogP) is 2.47. The minimum Gasteiger partial charge on any atom is -0.350 e. The summed E-state index contributed by atoms with van der Waals surface area (Å²) in [6, 6.07) is 10.00. The molecule has 8 heteroatoms. The fourth-order valence-electron chi connectivity index (χ4n) is 2.36. The molecule has 0 unspecified atom stereocenters. The molecule has 0 saturated heterocycles. The lowest BCUT2D eigenvalue weighted by molar-refractivity contribution is 0.0954. The Kier molecular flexibility index (Phi) is 5.73. The highest BCUT2D eigenvalue weighted by atomic mass is 32.2. The zero-order valence-corrected chi connectivity index (χ0v) is 14.6. The van der Waals surface area contributed by atoms with Gasteiger partial charge in [-0.15, -0.1) is 0 Å². The summed E-state index contributed by atoms with van der Waals surface area (Å²) in [5.74, 6) is -2.37. The van der Waals surface area contributed by atoms with Crippen LogP contribution in [0.25, 0.3) is 0 Å². The quantitative estimate of drug-likeness (QED) is 0.852. The zero-order chi connectivity index (χ0) is 18.6. The molecular formula is C17H18F2N2O3S. The number of sulfonamides is 1. The van der Waals surface area contributed by atoms with Gasteiger partial charge < -0.3 is 5.32 Å². The van der Waals surface area contributed by atoms with Crippen LogP contribution in [0, 0.1) is 18.6 Å². The fourth-order valence-corrected chi connectivity index (χ4v) is 3.29. The number of rotatable bonds is 6. The van der Waals surface area contributed by atoms with Crippen molar-refractivity contribution in [2.75, 3.05) is 23.7 Å². The van der Waals surface area contributed by atoms with Gasteiger partial charge in [0.2, 0.25) is 10.0 Å². The maximum Gasteiger partial charge on any atom is 0.251 e. The average Bonchev–Trinajstić information content (AvgIpc) is 2.52. The summed E-state index contributed by atoms with van der Waals surface area (Å²) >= 11 is 0. The Bertz CT molecular complexity index is 865. The molecule has 1 N–H and O–H groups in total. The van der Waals surface area contributed by atoms with Crippen molar-refractivity contribution >= 4 is 21.6 Å². The van der Waals surface area contributed by atoms with E-state index in [1.807, 2.05) is 0 Å². The third-order valence-electron chi connectivity index (χ3n) is 3.58. The van der Waals surface area contributed by atoms with Crippen LogP contribution in [-0.2, 0) is 10.0 Å². The molecule has 2 rings (SSSR count). The summed E-state index contributed by atoms with van der Waals surface area (Å²) in [7, 11) is -3.93. The van der Waals surface area contributed by atoms with Crippen LogP contribution in [0.5, 0.6) is 0 Å². The molecule has 0 aliphatic carbocycles. The molecule has 0 aliphatic heterocycles. The summed E-state index contributed by atoms with van der Waals surface area (Å²) in [6.07, 6.45) is 0.849. The van der Waals surface area contributed by atoms with Gasteiger partial charge in [-0.3, -0.25) is 9.10 Å². The number of para-hydroxylation sites is 1. The van der Waals surface area contributed by atoms with E-state index < -0.39 is 27.3 Å². The predicted molar refractivity (Wildman–Crippen MR) is 92.1 cm³/mol. The van der Waals surface area contributed by atoms with Crippen molar-refractivity contribution in [3.8, 4) is 0 Å². The highest BCUT2D eigenvalue weighted by molar-refractivity contribution is 7.92. The first-order chi connectivity index (χ1) is 11.7. The van der Waals surface area contributed by atoms with Crippen LogP contribution in [0.15, 0.2) is 42.5 Å². The van der Waals surface area contributed by atoms with Gasteiger partial charge in [0, 0.05) is 12.1 Å². The topological polar surface area (TPSA) is 66.5 Å². The van der Waals surface area contributed by atoms with Crippen molar-refractivity contribution in [1.82, 2.24) is 5.32 Å². The molecule has 0 atom stereocenters. The number of carbonyl (C=O) groups excluding carboxylic acids is 1. The Morgan fingerprint density at radius 3 is 2.24 bits per heavy atom. The number of anilines is 1. The molecule has 0 fully saturated rings. The van der Waals surface area contributed by atoms with Crippen LogP contribution in [0.3, 0.4) is 0 Å². The lowest BCUT2D eigenvalue weighted by Crippen LogP contribution is -2.39. The van der Waals surface area contributed by atoms with Gasteiger partial charge in [0.05, 0.1) is 12.8 Å². The minimum absolute atomic E-state index is 0.103. The van der Waals surface area contributed by atoms with Gasteiger partial charge >= 0.3 is 0 Å². The SMILES string of the molecule is Cc1ccccc1C(=O)NCCN(c1c(F)cccc1F)S(C)(=O)=O. The monoisotopic (exact) mass is 368 g/mol. The van der Waals surface area contributed by atoms with Crippen LogP contribution in [0.2, 0.25) is 0 Å². The molecule has 0 radical (unpaired) electrons. The van der Waals surface area contributed by atoms with E-state index in [4.69, 9.17) is 0 Å². The molecule has 25 heavy (non-hydrogen) atoms. The van der Waals surface area contributed by atoms with Gasteiger partial charge in [0.25, 0.3) is 5.91 Å². The number of amides is 1. The number of hydrogen-bond donors (Lipinski definition) is 1. The van der Waals surface area contributed by atoms with E-state index in [2.05, 4.69) is 5.32 Å². The zero-order valence-electron chi connectivity index (χ0n) is 13.8. The third kappa shape index (κ3) is 4.54. The number of nitrogens with zero attached hydrogens (tertiary/aromatic N) is 1. The van der Waals surface area contributed by atoms with E-state index in [1.165, 1.54) is 0 Å². The van der Waals surface area contributed by atoms with Crippen molar-refractivity contribution in [1.29, 1.82) is 0 Å². The number of halogens is 2. The molecule has 0 heterocycles. The smallest absolute Gasteiger partial charge is 0.251 e. The fraction of sp³-hybridized carbons (Fsp3) is 0.235. The van der Waals surface area contributed by atoms with Crippen LogP contribution < -0.4 is 9.62 Å². The van der Waals surface area contributed by atoms with Crippen molar-refractivity contribution in [3.63, 3.8) is 0 Å². The van der Waals surface area contributed by atoms with E-state index in [0.29, 0.717) is 9.87 Å². The summed E-state index contributed by atoms with van der Waals surface area (Å²) in [4.78, 5) is 12.1. The third-order valence-corrected chi connectivity index (χ3v) is 4.74. The second-order valence-corrected chi connectivity index (χ2v) is 7.38. The number of nitrogens with one attached hydrogen (secondary N) is 1. The van der Waals surface area contributed by atoms with E-state index in [0.717, 1.165) is 30.0 Å². The number of hydrogen-bond acceptors (Lipinski definition) is 3. The minimum atomic E-state index is -3.93. The van der Waals surface area contributed by atoms with Gasteiger partial charge in [-0.1, -0.05) is 24.3 Å². The molecule has 1 amide bonds. The van der Waals surface area contributed by atoms with Gasteiger partial charge in [0.1, 0.15) is 5.69 Å². The van der Waals surface area contributed by atoms with Crippen LogP contribution in [0.1, 0.15) is 15.9 Å². The van der Waals surface area contributed by atoms with E-state index >= 15 is 0 Å². The molecule has 134 valence electrons. The second-order valence-electron chi connectivity index (χ2n) is 5.48. The van der Waals surface area contributed by atoms with Crippen molar-refractivity contribution < 1.29 is 22.0 Å². The van der Waals surface area contributed by atoms with Crippen molar-refractivity contribution in [3.05, 3.63) is 65.2 Å². The Morgan fingerprint density at radius 1 is 1.08 bits per heavy atom. The molecule has 0 bridgehead atoms. The average molecular weight is 368 g/mol. The van der Waals surface area contributed by atoms with Crippen molar-refractivity contribution in [2.45, 2.75) is 6.92 Å². The van der Waals surface area contributed by atoms with Crippen LogP contribution in [-0.4, -0.2) is 33.7 Å². The van der Waals surface area contributed by atoms with Gasteiger partial charge in [-0.25, -0.2) is 17.2 Å². The Hall–Kier alpha value is -2.48. The molecular weight excluding hydrogens is 350 g/mol. The van der Waals surface area contributed by atoms with Crippen LogP contribution in [0.4, 0.5) is 14.5 Å². The summed E-state index contributed by atoms with van der Waals surface area (Å²) in [6.45, 7) is 1.37. The van der Waals surface area contributed by atoms with Crippen LogP contribution >= 0.6 is 0 Å². The molecule has 0 aromatic heterocycles. The number of aryl methyl sites for hydroxylation is 1. The Labute approximate surface area is 145 Å². The maximum absolute atomic E-state index is 13.9. The summed E-state index contributed by atoms with van der Waals surface area (Å²) in [5, 5.41) is 2.56. The van der Waals surface area contributed by atoms with Crippen molar-refractivity contribution in [2.24, 2.45) is 0 Å². The maximum atomic E-state index is 13.9. The largest absolute Gasteiger partial charge is 0.350 e. The molecule has 2 aromatic rings. The molecule has 5 nitrogen and oxygen atoms in total. The number of benzene rings is 2. The second kappa shape index (κ2) is 7.60. The molecule has 0 spiro atoms. The highest BCUT2D eigenvalue weighted by Crippen LogP contribution is 2.25. The van der Waals surface area contributed by atoms with E-state index in [1.54, 1.807) is 31.2 Å². The molecule has 0 saturated carbocycles. The number of carbonyl (C=O) groups is 1. The first-order valence-electron chi connectivity index (χ1n) is 7.47. The van der Waals surface area contributed by atoms with Gasteiger partial charge in [0.15, 0.2) is 11.6 Å². The highest BCUT2D eigenvalue weighted by Gasteiger charge is 2.24. The molecule has 2 aromatic carbocycles.